The highest BCUT2D eigenvalue weighted by atomic mass is 32.2. The molecular weight excluding hydrogens is 689 g/mol. The van der Waals surface area contributed by atoms with Crippen LogP contribution in [0.15, 0.2) is 30.9 Å². The van der Waals surface area contributed by atoms with E-state index in [1.165, 1.54) is 30.0 Å². The van der Waals surface area contributed by atoms with Gasteiger partial charge in [0.05, 0.1) is 18.3 Å². The molecular formula is C34H44FN5O10S. The summed E-state index contributed by atoms with van der Waals surface area (Å²) >= 11 is 0. The summed E-state index contributed by atoms with van der Waals surface area (Å²) in [5.74, 6) is -3.87. The first kappa shape index (κ1) is 37.7. The van der Waals surface area contributed by atoms with E-state index in [1.54, 1.807) is 26.8 Å². The van der Waals surface area contributed by atoms with Gasteiger partial charge in [-0.15, -0.1) is 6.58 Å². The number of halogens is 1. The zero-order valence-corrected chi connectivity index (χ0v) is 29.8. The predicted octanol–water partition coefficient (Wildman–Crippen LogP) is 2.18. The topological polar surface area (TPSA) is 198 Å². The van der Waals surface area contributed by atoms with Crippen LogP contribution in [0.5, 0.6) is 0 Å². The van der Waals surface area contributed by atoms with Crippen molar-refractivity contribution in [3.05, 3.63) is 47.8 Å². The van der Waals surface area contributed by atoms with Crippen LogP contribution < -0.4 is 15.4 Å². The van der Waals surface area contributed by atoms with Crippen molar-refractivity contribution >= 4 is 45.7 Å². The van der Waals surface area contributed by atoms with Crippen LogP contribution in [-0.4, -0.2) is 95.0 Å². The second-order valence-electron chi connectivity index (χ2n) is 14.6. The van der Waals surface area contributed by atoms with Gasteiger partial charge in [-0.05, 0) is 65.0 Å². The summed E-state index contributed by atoms with van der Waals surface area (Å²) in [7, 11) is -3.96. The maximum absolute atomic E-state index is 14.4. The molecule has 51 heavy (non-hydrogen) atoms. The van der Waals surface area contributed by atoms with Crippen molar-refractivity contribution in [2.75, 3.05) is 6.54 Å². The Morgan fingerprint density at radius 2 is 1.84 bits per heavy atom. The molecule has 5 atom stereocenters. The van der Waals surface area contributed by atoms with Gasteiger partial charge < -0.3 is 29.8 Å². The Hall–Kier alpha value is -4.54. The third-order valence-electron chi connectivity index (χ3n) is 9.32. The van der Waals surface area contributed by atoms with E-state index < -0.39 is 86.2 Å². The van der Waals surface area contributed by atoms with Crippen molar-refractivity contribution in [2.24, 2.45) is 5.92 Å². The van der Waals surface area contributed by atoms with Crippen molar-refractivity contribution in [2.45, 2.75) is 114 Å². The molecule has 0 spiro atoms. The van der Waals surface area contributed by atoms with Gasteiger partial charge in [0.25, 0.3) is 5.91 Å². The zero-order chi connectivity index (χ0) is 37.5. The van der Waals surface area contributed by atoms with Crippen LogP contribution in [0, 0.1) is 11.7 Å². The first-order chi connectivity index (χ1) is 23.8. The highest BCUT2D eigenvalue weighted by Gasteiger charge is 2.62. The van der Waals surface area contributed by atoms with Crippen molar-refractivity contribution in [1.29, 1.82) is 0 Å². The lowest BCUT2D eigenvalue weighted by atomic mass is 10.1. The number of benzene rings is 1. The van der Waals surface area contributed by atoms with Gasteiger partial charge in [-0.25, -0.2) is 22.4 Å². The number of nitrogens with one attached hydrogen (secondary N) is 3. The fraction of sp³-hybridized carbons (Fsp3) is 0.588. The summed E-state index contributed by atoms with van der Waals surface area (Å²) in [6, 6.07) is 1.84. The van der Waals surface area contributed by atoms with E-state index in [0.717, 1.165) is 4.90 Å². The van der Waals surface area contributed by atoms with E-state index in [1.807, 2.05) is 0 Å². The number of fused-ring (bicyclic) bond motifs is 1. The molecule has 1 unspecified atom stereocenters. The zero-order valence-electron chi connectivity index (χ0n) is 29.0. The van der Waals surface area contributed by atoms with Crippen molar-refractivity contribution in [3.63, 3.8) is 0 Å². The van der Waals surface area contributed by atoms with Gasteiger partial charge in [0.15, 0.2) is 0 Å². The molecule has 4 aliphatic rings. The normalized spacial score (nSPS) is 24.5. The standard InChI is InChI=1S/C34H44FN5O10S/c1-6-21-15-34(21,30(44)38-51(47,48)23-11-12-23)37-28(42)27-14-22(49-32(46)39-16-20-8-7-9-25(35)24(20)18-39)17-40(27)29(43)26(13-10-19(2)41)36-31(45)50-33(3,4)5/h6-9,21-23,26-27H,1,10-18H2,2-5H3,(H,36,45)(H,37,42)(H,38,44)/t21-,22-,26+,27?,34-/m1/s1. The van der Waals surface area contributed by atoms with Crippen LogP contribution in [-0.2, 0) is 51.8 Å². The van der Waals surface area contributed by atoms with Crippen LogP contribution in [0.1, 0.15) is 77.3 Å². The van der Waals surface area contributed by atoms with E-state index in [0.29, 0.717) is 24.0 Å². The number of Topliss-reactive ketones (excluding diaryl/α,β-unsaturated/α-hetero) is 1. The predicted molar refractivity (Wildman–Crippen MR) is 178 cm³/mol. The minimum atomic E-state index is -3.96. The number of carbonyl (C=O) groups excluding carboxylic acids is 6. The first-order valence-electron chi connectivity index (χ1n) is 16.9. The maximum Gasteiger partial charge on any atom is 0.410 e. The highest BCUT2D eigenvalue weighted by molar-refractivity contribution is 7.91. The molecule has 5 rings (SSSR count). The molecule has 3 fully saturated rings. The van der Waals surface area contributed by atoms with E-state index in [4.69, 9.17) is 9.47 Å². The Morgan fingerprint density at radius 1 is 1.14 bits per heavy atom. The van der Waals surface area contributed by atoms with Crippen molar-refractivity contribution in [3.8, 4) is 0 Å². The summed E-state index contributed by atoms with van der Waals surface area (Å²) in [6.45, 7) is 9.64. The Bertz CT molecular complexity index is 1740. The lowest BCUT2D eigenvalue weighted by Gasteiger charge is -2.30. The fourth-order valence-corrected chi connectivity index (χ4v) is 7.74. The lowest BCUT2D eigenvalue weighted by Crippen LogP contribution is -2.58. The average molecular weight is 734 g/mol. The molecule has 1 aromatic rings. The molecule has 1 aromatic carbocycles. The molecule has 0 aromatic heterocycles. The van der Waals surface area contributed by atoms with E-state index >= 15 is 0 Å². The van der Waals surface area contributed by atoms with Gasteiger partial charge >= 0.3 is 12.2 Å². The maximum atomic E-state index is 14.4. The minimum absolute atomic E-state index is 0.0443. The first-order valence-corrected chi connectivity index (χ1v) is 18.4. The molecule has 5 amide bonds. The monoisotopic (exact) mass is 733 g/mol. The van der Waals surface area contributed by atoms with Gasteiger partial charge in [0.2, 0.25) is 21.8 Å². The molecule has 1 saturated heterocycles. The number of alkyl carbamates (subject to hydrolysis) is 1. The number of ether oxygens (including phenoxy) is 2. The van der Waals surface area contributed by atoms with E-state index in [-0.39, 0.29) is 51.1 Å². The number of hydrogen-bond donors (Lipinski definition) is 3. The summed E-state index contributed by atoms with van der Waals surface area (Å²) in [5.41, 5.74) is -1.61. The number of ketones is 1. The van der Waals surface area contributed by atoms with Crippen molar-refractivity contribution in [1.82, 2.24) is 25.2 Å². The van der Waals surface area contributed by atoms with Crippen LogP contribution in [0.3, 0.4) is 0 Å². The van der Waals surface area contributed by atoms with Gasteiger partial charge in [-0.2, -0.15) is 0 Å². The third kappa shape index (κ3) is 8.68. The van der Waals surface area contributed by atoms with Gasteiger partial charge in [0.1, 0.15) is 40.9 Å². The number of hydrogen-bond acceptors (Lipinski definition) is 10. The molecule has 0 radical (unpaired) electrons. The molecule has 17 heteroatoms. The molecule has 15 nitrogen and oxygen atoms in total. The summed E-state index contributed by atoms with van der Waals surface area (Å²) < 4.78 is 52.7. The molecule has 2 heterocycles. The second kappa shape index (κ2) is 14.2. The largest absolute Gasteiger partial charge is 0.444 e. The average Bonchev–Trinajstić information content (AvgIpc) is 3.92. The molecule has 278 valence electrons. The number of nitrogens with zero attached hydrogens (tertiary/aromatic N) is 2. The van der Waals surface area contributed by atoms with Gasteiger partial charge in [-0.3, -0.25) is 24.0 Å². The molecule has 2 aliphatic carbocycles. The van der Waals surface area contributed by atoms with Crippen LogP contribution in [0.4, 0.5) is 14.0 Å². The SMILES string of the molecule is C=C[C@@H]1C[C@]1(NC(=O)C1C[C@@H](OC(=O)N2Cc3cccc(F)c3C2)CN1C(=O)[C@H](CCC(C)=O)NC(=O)OC(C)(C)C)C(=O)NS(=O)(=O)C1CC1. The number of likely N-dealkylation sites (tertiary alicyclic amines) is 1. The Balaban J connectivity index is 1.37. The number of sulfonamides is 1. The third-order valence-corrected chi connectivity index (χ3v) is 11.1. The molecule has 3 N–H and O–H groups in total. The highest BCUT2D eigenvalue weighted by Crippen LogP contribution is 2.45. The quantitative estimate of drug-likeness (QED) is 0.268. The second-order valence-corrected chi connectivity index (χ2v) is 16.6. The Labute approximate surface area is 295 Å². The number of amides is 5. The molecule has 2 aliphatic heterocycles. The number of rotatable bonds is 12. The van der Waals surface area contributed by atoms with E-state index in [9.17, 15) is 41.6 Å². The van der Waals surface area contributed by atoms with Crippen molar-refractivity contribution < 1.29 is 51.0 Å². The Morgan fingerprint density at radius 3 is 2.43 bits per heavy atom. The fourth-order valence-electron chi connectivity index (χ4n) is 6.38. The molecule has 2 saturated carbocycles. The van der Waals surface area contributed by atoms with Crippen LogP contribution in [0.2, 0.25) is 0 Å². The number of carbonyl (C=O) groups is 6. The summed E-state index contributed by atoms with van der Waals surface area (Å²) in [6.07, 6.45) is -0.945. The summed E-state index contributed by atoms with van der Waals surface area (Å²) in [5, 5.41) is 4.44. The van der Waals surface area contributed by atoms with Gasteiger partial charge in [0, 0.05) is 30.9 Å². The van der Waals surface area contributed by atoms with Crippen LogP contribution in [0.25, 0.3) is 0 Å². The Kier molecular flexibility index (Phi) is 10.5. The minimum Gasteiger partial charge on any atom is -0.444 e. The van der Waals surface area contributed by atoms with Gasteiger partial charge in [-0.1, -0.05) is 18.2 Å². The smallest absolute Gasteiger partial charge is 0.410 e. The summed E-state index contributed by atoms with van der Waals surface area (Å²) in [4.78, 5) is 81.9. The lowest BCUT2D eigenvalue weighted by molar-refractivity contribution is -0.141. The molecule has 0 bridgehead atoms. The van der Waals surface area contributed by atoms with Crippen LogP contribution >= 0.6 is 0 Å². The van der Waals surface area contributed by atoms with E-state index in [2.05, 4.69) is 21.9 Å².